The van der Waals surface area contributed by atoms with Gasteiger partial charge in [0, 0.05) is 26.7 Å². The van der Waals surface area contributed by atoms with E-state index in [9.17, 15) is 8.42 Å². The second-order valence-corrected chi connectivity index (χ2v) is 9.23. The molecule has 27 heavy (non-hydrogen) atoms. The second kappa shape index (κ2) is 6.77. The molecule has 0 spiro atoms. The molecule has 0 atom stereocenters. The third-order valence-corrected chi connectivity index (χ3v) is 7.13. The number of rotatable bonds is 6. The Morgan fingerprint density at radius 1 is 1.41 bits per heavy atom. The van der Waals surface area contributed by atoms with E-state index in [0.29, 0.717) is 33.8 Å². The number of nitrogens with one attached hydrogen (secondary N) is 3. The van der Waals surface area contributed by atoms with E-state index in [1.807, 2.05) is 6.07 Å². The van der Waals surface area contributed by atoms with Crippen molar-refractivity contribution < 1.29 is 11.3 Å². The first-order chi connectivity index (χ1) is 13.0. The molecular weight excluding hydrogens is 384 g/mol. The highest BCUT2D eigenvalue weighted by Gasteiger charge is 2.25. The van der Waals surface area contributed by atoms with Crippen molar-refractivity contribution >= 4 is 33.0 Å². The lowest BCUT2D eigenvalue weighted by atomic mass is 10.3. The first kappa shape index (κ1) is 17.7. The Kier molecular flexibility index (Phi) is 4.43. The van der Waals surface area contributed by atoms with Gasteiger partial charge in [-0.2, -0.15) is 5.10 Å². The van der Waals surface area contributed by atoms with E-state index in [2.05, 4.69) is 36.1 Å². The average Bonchev–Trinajstić information content (AvgIpc) is 3.20. The molecule has 1 aliphatic rings. The average molecular weight is 405 g/mol. The van der Waals surface area contributed by atoms with E-state index in [1.165, 1.54) is 32.2 Å². The van der Waals surface area contributed by atoms with E-state index in [4.69, 9.17) is 6.42 Å². The molecule has 1 aliphatic carbocycles. The van der Waals surface area contributed by atoms with Gasteiger partial charge in [-0.05, 0) is 32.0 Å². The van der Waals surface area contributed by atoms with Crippen molar-refractivity contribution in [3.05, 3.63) is 35.7 Å². The van der Waals surface area contributed by atoms with E-state index in [-0.39, 0.29) is 7.06 Å². The van der Waals surface area contributed by atoms with Crippen molar-refractivity contribution in [3.63, 3.8) is 0 Å². The first-order valence-electron chi connectivity index (χ1n) is 8.20. The van der Waals surface area contributed by atoms with Crippen LogP contribution < -0.4 is 10.0 Å². The first-order valence-corrected chi connectivity index (χ1v) is 10.5. The molecule has 3 aromatic rings. The summed E-state index contributed by atoms with van der Waals surface area (Å²) in [6.07, 6.45) is 9.43. The summed E-state index contributed by atoms with van der Waals surface area (Å²) in [5.74, 6) is 4.56. The van der Waals surface area contributed by atoms with Gasteiger partial charge >= 0.3 is 0 Å². The maximum atomic E-state index is 11.9. The zero-order valence-corrected chi connectivity index (χ0v) is 16.0. The fourth-order valence-electron chi connectivity index (χ4n) is 2.51. The van der Waals surface area contributed by atoms with Crippen LogP contribution in [0.5, 0.6) is 0 Å². The maximum Gasteiger partial charge on any atom is 0.249 e. The molecule has 8 nitrogen and oxygen atoms in total. The normalized spacial score (nSPS) is 14.1. The maximum absolute atomic E-state index is 11.9. The summed E-state index contributed by atoms with van der Waals surface area (Å²) in [7, 11) is -2.14. The zero-order chi connectivity index (χ0) is 19.0. The summed E-state index contributed by atoms with van der Waals surface area (Å²) in [6, 6.07) is 5.14. The van der Waals surface area contributed by atoms with Crippen LogP contribution in [0.1, 0.15) is 32.9 Å². The van der Waals surface area contributed by atoms with Crippen LogP contribution in [0.3, 0.4) is 0 Å². The summed E-state index contributed by atoms with van der Waals surface area (Å²) in [5.41, 5.74) is 1.59. The summed E-state index contributed by atoms with van der Waals surface area (Å²) < 4.78 is 26.3. The molecule has 0 saturated heterocycles. The molecule has 0 unspecified atom stereocenters. The van der Waals surface area contributed by atoms with E-state index in [0.717, 1.165) is 17.0 Å². The van der Waals surface area contributed by atoms with E-state index < -0.39 is 10.0 Å². The van der Waals surface area contributed by atoms with Crippen molar-refractivity contribution in [1.29, 1.82) is 0 Å². The molecule has 3 heterocycles. The largest absolute Gasteiger partial charge is 0.322 e. The predicted molar refractivity (Wildman–Crippen MR) is 108 cm³/mol. The van der Waals surface area contributed by atoms with Gasteiger partial charge in [-0.1, -0.05) is 5.92 Å². The summed E-state index contributed by atoms with van der Waals surface area (Å²) in [6.45, 7) is 0. The quantitative estimate of drug-likeness (QED) is 0.545. The smallest absolute Gasteiger partial charge is 0.249 e. The highest BCUT2D eigenvalue weighted by molar-refractivity contribution is 7.91. The fraction of sp³-hybridized carbons (Fsp3) is 0.235. The molecule has 3 aromatic heterocycles. The minimum Gasteiger partial charge on any atom is -0.322 e. The van der Waals surface area contributed by atoms with Crippen LogP contribution in [0.4, 0.5) is 11.6 Å². The SMILES string of the molecule is C#Cc1cnc(-c2ccc(S(=O)(=O)NC)s2)nc1Nc1cc(C2CC2)[nH]n1.[HH].[HH]. The Morgan fingerprint density at radius 2 is 2.22 bits per heavy atom. The minimum absolute atomic E-state index is 0. The Morgan fingerprint density at radius 3 is 2.93 bits per heavy atom. The van der Waals surface area contributed by atoms with Gasteiger partial charge in [0.15, 0.2) is 17.5 Å². The van der Waals surface area contributed by atoms with Crippen molar-refractivity contribution in [1.82, 2.24) is 24.9 Å². The lowest BCUT2D eigenvalue weighted by Gasteiger charge is -2.06. The van der Waals surface area contributed by atoms with Crippen LogP contribution in [0.2, 0.25) is 0 Å². The number of terminal acetylenes is 1. The van der Waals surface area contributed by atoms with Crippen molar-refractivity contribution in [2.45, 2.75) is 23.0 Å². The molecule has 3 N–H and O–H groups in total. The number of H-pyrrole nitrogens is 1. The third kappa shape index (κ3) is 3.57. The van der Waals surface area contributed by atoms with Gasteiger partial charge in [0.25, 0.3) is 0 Å². The Hall–Kier alpha value is -2.74. The Balaban J connectivity index is 0.00000150. The van der Waals surface area contributed by atoms with Gasteiger partial charge in [0.05, 0.1) is 10.4 Å². The van der Waals surface area contributed by atoms with Crippen LogP contribution in [0, 0.1) is 12.3 Å². The molecule has 0 aromatic carbocycles. The molecule has 0 bridgehead atoms. The summed E-state index contributed by atoms with van der Waals surface area (Å²) >= 11 is 1.09. The highest BCUT2D eigenvalue weighted by Crippen LogP contribution is 2.39. The van der Waals surface area contributed by atoms with E-state index in [1.54, 1.807) is 6.07 Å². The standard InChI is InChI=1S/C17H16N6O2S2.2H2/c1-3-10-9-19-17(13-6-7-15(26-13)27(24,25)18-2)21-16(10)20-14-8-12(22-23-14)11-4-5-11;;/h1,6-9,11,18H,4-5H2,2H3,(H2,19,20,21,22,23);2*1H. The predicted octanol–water partition coefficient (Wildman–Crippen LogP) is 2.93. The van der Waals surface area contributed by atoms with Crippen LogP contribution >= 0.6 is 11.3 Å². The number of hydrogen-bond acceptors (Lipinski definition) is 7. The van der Waals surface area contributed by atoms with Gasteiger partial charge in [0.1, 0.15) is 4.21 Å². The molecule has 10 heteroatoms. The Labute approximate surface area is 163 Å². The van der Waals surface area contributed by atoms with Crippen molar-refractivity contribution in [2.75, 3.05) is 12.4 Å². The second-order valence-electron chi connectivity index (χ2n) is 6.03. The number of anilines is 2. The number of nitrogens with zero attached hydrogens (tertiary/aromatic N) is 3. The topological polar surface area (TPSA) is 113 Å². The van der Waals surface area contributed by atoms with Crippen LogP contribution in [-0.2, 0) is 10.0 Å². The van der Waals surface area contributed by atoms with Gasteiger partial charge < -0.3 is 5.32 Å². The summed E-state index contributed by atoms with van der Waals surface area (Å²) in [5, 5.41) is 10.4. The lowest BCUT2D eigenvalue weighted by Crippen LogP contribution is -2.17. The van der Waals surface area contributed by atoms with Gasteiger partial charge in [-0.15, -0.1) is 17.8 Å². The van der Waals surface area contributed by atoms with Gasteiger partial charge in [-0.25, -0.2) is 23.1 Å². The number of hydrogen-bond donors (Lipinski definition) is 3. The molecule has 1 saturated carbocycles. The Bertz CT molecular complexity index is 1150. The molecule has 1 fully saturated rings. The van der Waals surface area contributed by atoms with Crippen molar-refractivity contribution in [3.8, 4) is 23.0 Å². The van der Waals surface area contributed by atoms with Gasteiger partial charge in [0.2, 0.25) is 10.0 Å². The molecule has 4 rings (SSSR count). The van der Waals surface area contributed by atoms with Crippen LogP contribution in [0.15, 0.2) is 28.6 Å². The fourth-order valence-corrected chi connectivity index (χ4v) is 4.60. The monoisotopic (exact) mass is 404 g/mol. The number of aromatic amines is 1. The summed E-state index contributed by atoms with van der Waals surface area (Å²) in [4.78, 5) is 9.36. The number of thiophene rings is 1. The van der Waals surface area contributed by atoms with Crippen LogP contribution in [-0.4, -0.2) is 35.6 Å². The molecule has 0 radical (unpaired) electrons. The van der Waals surface area contributed by atoms with E-state index >= 15 is 0 Å². The molecule has 0 amide bonds. The number of sulfonamides is 1. The number of aromatic nitrogens is 4. The highest BCUT2D eigenvalue weighted by atomic mass is 32.2. The van der Waals surface area contributed by atoms with Gasteiger partial charge in [-0.3, -0.25) is 5.10 Å². The lowest BCUT2D eigenvalue weighted by molar-refractivity contribution is 0.590. The zero-order valence-electron chi connectivity index (χ0n) is 14.4. The molecule has 0 aliphatic heterocycles. The minimum atomic E-state index is -3.51. The molecular formula is C17H20N6O2S2. The van der Waals surface area contributed by atoms with Crippen molar-refractivity contribution in [2.24, 2.45) is 0 Å². The van der Waals surface area contributed by atoms with Crippen LogP contribution in [0.25, 0.3) is 10.7 Å². The molecule has 142 valence electrons. The third-order valence-electron chi connectivity index (χ3n) is 4.14.